The molecule has 0 aliphatic carbocycles. The number of aliphatic hydroxyl groups excluding tert-OH is 1. The normalized spacial score (nSPS) is 19.6. The largest absolute Gasteiger partial charge is 0.476 e. The molecule has 1 atom stereocenters. The highest BCUT2D eigenvalue weighted by atomic mass is 16.5. The quantitative estimate of drug-likeness (QED) is 0.790. The van der Waals surface area contributed by atoms with Gasteiger partial charge in [-0.15, -0.1) is 0 Å². The molecule has 94 valence electrons. The van der Waals surface area contributed by atoms with Gasteiger partial charge in [0.1, 0.15) is 12.0 Å². The molecule has 0 bridgehead atoms. The first-order valence-corrected chi connectivity index (χ1v) is 5.88. The van der Waals surface area contributed by atoms with E-state index in [1.54, 1.807) is 0 Å². The summed E-state index contributed by atoms with van der Waals surface area (Å²) in [7, 11) is 0. The second-order valence-corrected chi connectivity index (χ2v) is 4.15. The van der Waals surface area contributed by atoms with Gasteiger partial charge in [0.15, 0.2) is 5.82 Å². The van der Waals surface area contributed by atoms with Crippen molar-refractivity contribution in [3.63, 3.8) is 0 Å². The van der Waals surface area contributed by atoms with Gasteiger partial charge in [-0.25, -0.2) is 4.98 Å². The van der Waals surface area contributed by atoms with Crippen LogP contribution in [0.5, 0.6) is 5.88 Å². The maximum absolute atomic E-state index is 9.51. The van der Waals surface area contributed by atoms with Gasteiger partial charge in [-0.2, -0.15) is 4.98 Å². The second kappa shape index (κ2) is 5.18. The second-order valence-electron chi connectivity index (χ2n) is 4.15. The van der Waals surface area contributed by atoms with Crippen LogP contribution in [0.25, 0.3) is 0 Å². The fourth-order valence-electron chi connectivity index (χ4n) is 1.87. The Hall–Kier alpha value is -1.56. The minimum absolute atomic E-state index is 0.302. The fraction of sp³-hybridized carbons (Fsp3) is 0.636. The van der Waals surface area contributed by atoms with Crippen LogP contribution in [-0.2, 0) is 0 Å². The van der Waals surface area contributed by atoms with E-state index >= 15 is 0 Å². The molecule has 3 N–H and O–H groups in total. The third kappa shape index (κ3) is 2.58. The lowest BCUT2D eigenvalue weighted by atomic mass is 10.3. The van der Waals surface area contributed by atoms with Crippen molar-refractivity contribution in [2.75, 3.05) is 30.3 Å². The molecule has 1 aliphatic rings. The van der Waals surface area contributed by atoms with Crippen LogP contribution in [-0.4, -0.2) is 40.9 Å². The van der Waals surface area contributed by atoms with Gasteiger partial charge in [0.25, 0.3) is 0 Å². The van der Waals surface area contributed by atoms with Crippen molar-refractivity contribution in [3.05, 3.63) is 6.33 Å². The number of hydrogen-bond donors (Lipinski definition) is 2. The summed E-state index contributed by atoms with van der Waals surface area (Å²) < 4.78 is 5.45. The van der Waals surface area contributed by atoms with Crippen molar-refractivity contribution in [1.29, 1.82) is 0 Å². The summed E-state index contributed by atoms with van der Waals surface area (Å²) in [6.45, 7) is 3.93. The minimum Gasteiger partial charge on any atom is -0.476 e. The third-order valence-electron chi connectivity index (χ3n) is 2.73. The van der Waals surface area contributed by atoms with Crippen molar-refractivity contribution < 1.29 is 9.84 Å². The molecule has 6 nitrogen and oxygen atoms in total. The Labute approximate surface area is 100 Å². The molecule has 1 fully saturated rings. The molecule has 2 heterocycles. The zero-order valence-electron chi connectivity index (χ0n) is 9.96. The molecule has 2 rings (SSSR count). The van der Waals surface area contributed by atoms with Gasteiger partial charge in [-0.1, -0.05) is 6.92 Å². The first-order valence-electron chi connectivity index (χ1n) is 5.88. The van der Waals surface area contributed by atoms with Gasteiger partial charge in [0, 0.05) is 13.1 Å². The number of hydrogen-bond acceptors (Lipinski definition) is 6. The number of nitrogen functional groups attached to an aromatic ring is 1. The van der Waals surface area contributed by atoms with Crippen LogP contribution in [0, 0.1) is 0 Å². The van der Waals surface area contributed by atoms with Gasteiger partial charge in [-0.05, 0) is 12.8 Å². The standard InChI is InChI=1S/C11H18N4O2/c1-2-5-17-11-9(12)10(13-7-14-11)15-4-3-8(16)6-15/h7-8,16H,2-6,12H2,1H3. The molecule has 0 amide bonds. The molecular weight excluding hydrogens is 220 g/mol. The Bertz CT molecular complexity index is 386. The van der Waals surface area contributed by atoms with Crippen molar-refractivity contribution in [2.24, 2.45) is 0 Å². The number of aromatic nitrogens is 2. The molecule has 1 unspecified atom stereocenters. The topological polar surface area (TPSA) is 84.5 Å². The van der Waals surface area contributed by atoms with E-state index in [0.717, 1.165) is 19.4 Å². The lowest BCUT2D eigenvalue weighted by Gasteiger charge is -2.19. The molecule has 17 heavy (non-hydrogen) atoms. The van der Waals surface area contributed by atoms with Crippen LogP contribution in [0.2, 0.25) is 0 Å². The number of nitrogens with two attached hydrogens (primary N) is 1. The van der Waals surface area contributed by atoms with Crippen molar-refractivity contribution in [3.8, 4) is 5.88 Å². The number of nitrogens with zero attached hydrogens (tertiary/aromatic N) is 3. The van der Waals surface area contributed by atoms with E-state index in [2.05, 4.69) is 9.97 Å². The van der Waals surface area contributed by atoms with E-state index in [1.807, 2.05) is 11.8 Å². The van der Waals surface area contributed by atoms with Crippen LogP contribution in [0.15, 0.2) is 6.33 Å². The molecule has 0 aromatic carbocycles. The molecule has 1 aromatic rings. The van der Waals surface area contributed by atoms with Gasteiger partial charge in [0.05, 0.1) is 12.7 Å². The highest BCUT2D eigenvalue weighted by molar-refractivity contribution is 5.68. The lowest BCUT2D eigenvalue weighted by molar-refractivity contribution is 0.198. The van der Waals surface area contributed by atoms with E-state index in [-0.39, 0.29) is 6.10 Å². The fourth-order valence-corrected chi connectivity index (χ4v) is 1.87. The van der Waals surface area contributed by atoms with Crippen LogP contribution in [0.1, 0.15) is 19.8 Å². The number of aliphatic hydroxyl groups is 1. The highest BCUT2D eigenvalue weighted by Gasteiger charge is 2.24. The summed E-state index contributed by atoms with van der Waals surface area (Å²) in [5, 5.41) is 9.51. The van der Waals surface area contributed by atoms with Crippen LogP contribution in [0.3, 0.4) is 0 Å². The predicted octanol–water partition coefficient (Wildman–Crippen LogP) is 0.419. The van der Waals surface area contributed by atoms with Gasteiger partial charge in [0.2, 0.25) is 5.88 Å². The van der Waals surface area contributed by atoms with Gasteiger partial charge >= 0.3 is 0 Å². The SMILES string of the molecule is CCCOc1ncnc(N2CCC(O)C2)c1N. The van der Waals surface area contributed by atoms with Crippen LogP contribution >= 0.6 is 0 Å². The first-order chi connectivity index (χ1) is 8.22. The summed E-state index contributed by atoms with van der Waals surface area (Å²) in [6, 6.07) is 0. The maximum Gasteiger partial charge on any atom is 0.242 e. The van der Waals surface area contributed by atoms with E-state index in [1.165, 1.54) is 6.33 Å². The summed E-state index contributed by atoms with van der Waals surface area (Å²) in [6.07, 6.45) is 2.79. The molecule has 1 aromatic heterocycles. The van der Waals surface area contributed by atoms with Crippen LogP contribution < -0.4 is 15.4 Å². The molecular formula is C11H18N4O2. The lowest BCUT2D eigenvalue weighted by Crippen LogP contribution is -2.23. The maximum atomic E-state index is 9.51. The van der Waals surface area contributed by atoms with E-state index < -0.39 is 0 Å². The van der Waals surface area contributed by atoms with Gasteiger partial charge in [-0.3, -0.25) is 0 Å². The minimum atomic E-state index is -0.302. The molecule has 1 saturated heterocycles. The zero-order chi connectivity index (χ0) is 12.3. The number of rotatable bonds is 4. The van der Waals surface area contributed by atoms with E-state index in [4.69, 9.17) is 10.5 Å². The summed E-state index contributed by atoms with van der Waals surface area (Å²) >= 11 is 0. The predicted molar refractivity (Wildman–Crippen MR) is 65.1 cm³/mol. The zero-order valence-corrected chi connectivity index (χ0v) is 9.96. The van der Waals surface area contributed by atoms with E-state index in [9.17, 15) is 5.11 Å². The first kappa shape index (κ1) is 11.9. The van der Waals surface area contributed by atoms with Crippen molar-refractivity contribution >= 4 is 11.5 Å². The Morgan fingerprint density at radius 1 is 1.59 bits per heavy atom. The third-order valence-corrected chi connectivity index (χ3v) is 2.73. The highest BCUT2D eigenvalue weighted by Crippen LogP contribution is 2.30. The average molecular weight is 238 g/mol. The molecule has 1 aliphatic heterocycles. The Kier molecular flexibility index (Phi) is 3.63. The molecule has 0 spiro atoms. The molecule has 6 heteroatoms. The average Bonchev–Trinajstić information content (AvgIpc) is 2.74. The molecule has 0 radical (unpaired) electrons. The van der Waals surface area contributed by atoms with Gasteiger partial charge < -0.3 is 20.5 Å². The van der Waals surface area contributed by atoms with E-state index in [0.29, 0.717) is 30.5 Å². The smallest absolute Gasteiger partial charge is 0.242 e. The summed E-state index contributed by atoms with van der Waals surface area (Å²) in [5.74, 6) is 1.08. The Morgan fingerprint density at radius 3 is 3.06 bits per heavy atom. The number of β-amino-alcohol motifs (C(OH)–C–C–N with tert-alkyl or cyclic N) is 1. The summed E-state index contributed by atoms with van der Waals surface area (Å²) in [4.78, 5) is 10.1. The number of ether oxygens (including phenoxy) is 1. The Morgan fingerprint density at radius 2 is 2.41 bits per heavy atom. The van der Waals surface area contributed by atoms with Crippen molar-refractivity contribution in [2.45, 2.75) is 25.9 Å². The van der Waals surface area contributed by atoms with Crippen LogP contribution in [0.4, 0.5) is 11.5 Å². The van der Waals surface area contributed by atoms with Crippen molar-refractivity contribution in [1.82, 2.24) is 9.97 Å². The molecule has 0 saturated carbocycles. The summed E-state index contributed by atoms with van der Waals surface area (Å²) in [5.41, 5.74) is 6.43. The Balaban J connectivity index is 2.17. The monoisotopic (exact) mass is 238 g/mol. The number of anilines is 2.